The molecule has 1 fully saturated rings. The van der Waals surface area contributed by atoms with Gasteiger partial charge in [-0.2, -0.15) is 11.8 Å². The van der Waals surface area contributed by atoms with Gasteiger partial charge >= 0.3 is 0 Å². The largest absolute Gasteiger partial charge is 0.271 e. The van der Waals surface area contributed by atoms with Gasteiger partial charge in [-0.15, -0.1) is 0 Å². The molecule has 0 amide bonds. The molecular weight excluding hydrogens is 315 g/mol. The van der Waals surface area contributed by atoms with E-state index in [1.807, 2.05) is 17.8 Å². The summed E-state index contributed by atoms with van der Waals surface area (Å²) >= 11 is 5.39. The summed E-state index contributed by atoms with van der Waals surface area (Å²) in [7, 11) is 0. The third-order valence-corrected chi connectivity index (χ3v) is 6.01. The van der Waals surface area contributed by atoms with Crippen LogP contribution in [0.2, 0.25) is 0 Å². The summed E-state index contributed by atoms with van der Waals surface area (Å²) in [5, 5.41) is 0. The van der Waals surface area contributed by atoms with Gasteiger partial charge < -0.3 is 0 Å². The van der Waals surface area contributed by atoms with Crippen molar-refractivity contribution in [3.05, 3.63) is 34.1 Å². The van der Waals surface area contributed by atoms with Gasteiger partial charge in [-0.3, -0.25) is 11.3 Å². The first-order valence-corrected chi connectivity index (χ1v) is 7.87. The van der Waals surface area contributed by atoms with Crippen molar-refractivity contribution in [1.29, 1.82) is 0 Å². The molecule has 1 aromatic rings. The van der Waals surface area contributed by atoms with Crippen LogP contribution in [0.3, 0.4) is 0 Å². The van der Waals surface area contributed by atoms with E-state index in [0.717, 1.165) is 16.5 Å². The monoisotopic (exact) mass is 332 g/mol. The Hall–Kier alpha value is -0.100. The van der Waals surface area contributed by atoms with Gasteiger partial charge in [0, 0.05) is 15.3 Å². The molecule has 100 valence electrons. The van der Waals surface area contributed by atoms with Crippen molar-refractivity contribution >= 4 is 27.7 Å². The lowest BCUT2D eigenvalue weighted by Crippen LogP contribution is -2.50. The number of nitrogens with one attached hydrogen (secondary N) is 1. The van der Waals surface area contributed by atoms with Crippen molar-refractivity contribution in [3.8, 4) is 0 Å². The van der Waals surface area contributed by atoms with Crippen LogP contribution in [-0.4, -0.2) is 16.5 Å². The highest BCUT2D eigenvalue weighted by Crippen LogP contribution is 2.41. The quantitative estimate of drug-likeness (QED) is 0.656. The van der Waals surface area contributed by atoms with Gasteiger partial charge in [0.1, 0.15) is 5.82 Å². The third kappa shape index (κ3) is 3.07. The first-order valence-electron chi connectivity index (χ1n) is 6.09. The van der Waals surface area contributed by atoms with Gasteiger partial charge in [0.25, 0.3) is 0 Å². The Morgan fingerprint density at radius 1 is 1.61 bits per heavy atom. The minimum Gasteiger partial charge on any atom is -0.271 e. The van der Waals surface area contributed by atoms with Crippen LogP contribution in [0.1, 0.15) is 25.3 Å². The molecule has 0 spiro atoms. The highest BCUT2D eigenvalue weighted by molar-refractivity contribution is 9.10. The van der Waals surface area contributed by atoms with E-state index in [-0.39, 0.29) is 16.6 Å². The smallest absolute Gasteiger partial charge is 0.124 e. The summed E-state index contributed by atoms with van der Waals surface area (Å²) < 4.78 is 14.1. The molecule has 0 radical (unpaired) electrons. The van der Waals surface area contributed by atoms with Gasteiger partial charge in [0.05, 0.1) is 0 Å². The normalized spacial score (nSPS) is 25.3. The topological polar surface area (TPSA) is 38.0 Å². The molecule has 0 bridgehead atoms. The molecule has 3 N–H and O–H groups in total. The van der Waals surface area contributed by atoms with Crippen LogP contribution in [0.25, 0.3) is 0 Å². The van der Waals surface area contributed by atoms with E-state index in [4.69, 9.17) is 5.84 Å². The standard InChI is InChI=1S/C13H18BrFN2S/c1-13(5-2-6-18-13)12(17-16)7-9-3-4-10(15)8-11(9)14/h3-4,8,12,17H,2,5-7,16H2,1H3. The van der Waals surface area contributed by atoms with Crippen LogP contribution in [0.4, 0.5) is 4.39 Å². The molecule has 18 heavy (non-hydrogen) atoms. The second kappa shape index (κ2) is 5.90. The van der Waals surface area contributed by atoms with Crippen LogP contribution < -0.4 is 11.3 Å². The molecule has 0 aromatic heterocycles. The van der Waals surface area contributed by atoms with Crippen LogP contribution in [0.15, 0.2) is 22.7 Å². The highest BCUT2D eigenvalue weighted by Gasteiger charge is 2.37. The predicted octanol–water partition coefficient (Wildman–Crippen LogP) is 3.25. The molecule has 1 heterocycles. The number of benzene rings is 1. The van der Waals surface area contributed by atoms with Gasteiger partial charge in [-0.25, -0.2) is 4.39 Å². The molecule has 2 unspecified atom stereocenters. The molecule has 2 rings (SSSR count). The summed E-state index contributed by atoms with van der Waals surface area (Å²) in [6.07, 6.45) is 3.22. The SMILES string of the molecule is CC1(C(Cc2ccc(F)cc2Br)NN)CCCS1. The van der Waals surface area contributed by atoms with Gasteiger partial charge in [-0.1, -0.05) is 22.0 Å². The zero-order valence-electron chi connectivity index (χ0n) is 10.4. The first kappa shape index (κ1) is 14.3. The maximum atomic E-state index is 13.1. The van der Waals surface area contributed by atoms with E-state index in [1.54, 1.807) is 0 Å². The Morgan fingerprint density at radius 2 is 2.39 bits per heavy atom. The third-order valence-electron chi connectivity index (χ3n) is 3.63. The van der Waals surface area contributed by atoms with Crippen LogP contribution >= 0.6 is 27.7 Å². The van der Waals surface area contributed by atoms with Gasteiger partial charge in [0.15, 0.2) is 0 Å². The van der Waals surface area contributed by atoms with Crippen molar-refractivity contribution < 1.29 is 4.39 Å². The summed E-state index contributed by atoms with van der Waals surface area (Å²) in [5.74, 6) is 6.69. The van der Waals surface area contributed by atoms with Crippen molar-refractivity contribution in [2.75, 3.05) is 5.75 Å². The lowest BCUT2D eigenvalue weighted by Gasteiger charge is -2.33. The van der Waals surface area contributed by atoms with Gasteiger partial charge in [-0.05, 0) is 49.6 Å². The number of nitrogens with two attached hydrogens (primary N) is 1. The maximum absolute atomic E-state index is 13.1. The minimum atomic E-state index is -0.218. The Morgan fingerprint density at radius 3 is 2.94 bits per heavy atom. The highest BCUT2D eigenvalue weighted by atomic mass is 79.9. The average Bonchev–Trinajstić information content (AvgIpc) is 2.76. The Balaban J connectivity index is 2.15. The summed E-state index contributed by atoms with van der Waals surface area (Å²) in [6.45, 7) is 2.26. The number of halogens is 2. The molecule has 1 aliphatic rings. The molecule has 1 aromatic carbocycles. The molecule has 2 nitrogen and oxygen atoms in total. The van der Waals surface area contributed by atoms with Gasteiger partial charge in [0.2, 0.25) is 0 Å². The Labute approximate surface area is 120 Å². The molecule has 2 atom stereocenters. The van der Waals surface area contributed by atoms with E-state index < -0.39 is 0 Å². The van der Waals surface area contributed by atoms with Crippen molar-refractivity contribution in [2.45, 2.75) is 37.0 Å². The molecule has 1 saturated heterocycles. The van der Waals surface area contributed by atoms with Crippen molar-refractivity contribution in [1.82, 2.24) is 5.43 Å². The van der Waals surface area contributed by atoms with E-state index in [2.05, 4.69) is 28.3 Å². The fraction of sp³-hybridized carbons (Fsp3) is 0.538. The van der Waals surface area contributed by atoms with E-state index >= 15 is 0 Å². The van der Waals surface area contributed by atoms with E-state index in [9.17, 15) is 4.39 Å². The molecule has 1 aliphatic heterocycles. The zero-order valence-corrected chi connectivity index (χ0v) is 12.8. The number of hydrazine groups is 1. The van der Waals surface area contributed by atoms with Crippen LogP contribution in [-0.2, 0) is 6.42 Å². The zero-order chi connectivity index (χ0) is 13.2. The minimum absolute atomic E-state index is 0.169. The maximum Gasteiger partial charge on any atom is 0.124 e. The lowest BCUT2D eigenvalue weighted by molar-refractivity contribution is 0.405. The fourth-order valence-electron chi connectivity index (χ4n) is 2.43. The predicted molar refractivity (Wildman–Crippen MR) is 79.0 cm³/mol. The lowest BCUT2D eigenvalue weighted by atomic mass is 9.91. The summed E-state index contributed by atoms with van der Waals surface area (Å²) in [6, 6.07) is 5.03. The average molecular weight is 333 g/mol. The van der Waals surface area contributed by atoms with E-state index in [1.165, 1.54) is 30.7 Å². The number of rotatable bonds is 4. The molecule has 0 saturated carbocycles. The molecule has 0 aliphatic carbocycles. The molecular formula is C13H18BrFN2S. The number of hydrogen-bond acceptors (Lipinski definition) is 3. The first-order chi connectivity index (χ1) is 8.55. The summed E-state index contributed by atoms with van der Waals surface area (Å²) in [5.41, 5.74) is 4.03. The number of hydrogen-bond donors (Lipinski definition) is 2. The number of thioether (sulfide) groups is 1. The molecule has 5 heteroatoms. The van der Waals surface area contributed by atoms with Crippen molar-refractivity contribution in [2.24, 2.45) is 5.84 Å². The Bertz CT molecular complexity index is 421. The van der Waals surface area contributed by atoms with Crippen LogP contribution in [0.5, 0.6) is 0 Å². The Kier molecular flexibility index (Phi) is 4.69. The summed E-state index contributed by atoms with van der Waals surface area (Å²) in [4.78, 5) is 0. The second-order valence-electron chi connectivity index (χ2n) is 4.92. The fourth-order valence-corrected chi connectivity index (χ4v) is 4.34. The van der Waals surface area contributed by atoms with Crippen LogP contribution in [0, 0.1) is 5.82 Å². The van der Waals surface area contributed by atoms with E-state index in [0.29, 0.717) is 0 Å². The second-order valence-corrected chi connectivity index (χ2v) is 7.41. The van der Waals surface area contributed by atoms with Crippen molar-refractivity contribution in [3.63, 3.8) is 0 Å².